The minimum Gasteiger partial charge on any atom is -0.410 e. The van der Waals surface area contributed by atoms with Crippen molar-refractivity contribution in [3.05, 3.63) is 41.1 Å². The second kappa shape index (κ2) is 6.58. The first kappa shape index (κ1) is 19.7. The summed E-state index contributed by atoms with van der Waals surface area (Å²) >= 11 is 0. The molecule has 0 aliphatic heterocycles. The van der Waals surface area contributed by atoms with Crippen molar-refractivity contribution in [3.63, 3.8) is 0 Å². The van der Waals surface area contributed by atoms with Crippen molar-refractivity contribution < 1.29 is 4.43 Å². The lowest BCUT2D eigenvalue weighted by molar-refractivity contribution is 0.159. The van der Waals surface area contributed by atoms with E-state index in [0.29, 0.717) is 5.92 Å². The molecule has 3 heteroatoms. The highest BCUT2D eigenvalue weighted by Crippen LogP contribution is 2.47. The number of rotatable bonds is 3. The van der Waals surface area contributed by atoms with Gasteiger partial charge >= 0.3 is 0 Å². The van der Waals surface area contributed by atoms with Crippen molar-refractivity contribution in [3.8, 4) is 0 Å². The van der Waals surface area contributed by atoms with Crippen LogP contribution in [-0.4, -0.2) is 16.4 Å². The Balaban J connectivity index is 2.45. The van der Waals surface area contributed by atoms with Gasteiger partial charge in [0, 0.05) is 0 Å². The highest BCUT2D eigenvalue weighted by Gasteiger charge is 2.41. The number of hydrogen-bond donors (Lipinski definition) is 0. The number of allylic oxidation sites excluding steroid dienone is 1. The first-order chi connectivity index (χ1) is 10.8. The van der Waals surface area contributed by atoms with Crippen LogP contribution >= 0.6 is 0 Å². The lowest BCUT2D eigenvalue weighted by Crippen LogP contribution is -2.42. The molecule has 134 valence electrons. The van der Waals surface area contributed by atoms with Gasteiger partial charge in [-0.15, -0.1) is 0 Å². The van der Waals surface area contributed by atoms with Gasteiger partial charge in [0.05, 0.1) is 14.2 Å². The molecule has 1 aliphatic carbocycles. The highest BCUT2D eigenvalue weighted by atomic mass is 28.4. The summed E-state index contributed by atoms with van der Waals surface area (Å²) in [6.45, 7) is 21.4. The largest absolute Gasteiger partial charge is 0.410 e. The van der Waals surface area contributed by atoms with E-state index in [2.05, 4.69) is 90.4 Å². The molecule has 24 heavy (non-hydrogen) atoms. The minimum atomic E-state index is -1.77. The molecule has 0 amide bonds. The topological polar surface area (TPSA) is 9.23 Å². The average molecular weight is 361 g/mol. The van der Waals surface area contributed by atoms with Crippen molar-refractivity contribution in [2.75, 3.05) is 0 Å². The maximum Gasteiger partial charge on any atom is 0.192 e. The molecule has 0 heterocycles. The smallest absolute Gasteiger partial charge is 0.192 e. The van der Waals surface area contributed by atoms with Gasteiger partial charge in [0.2, 0.25) is 0 Å². The molecule has 2 rings (SSSR count). The molecule has 1 aromatic carbocycles. The molecule has 2 unspecified atom stereocenters. The first-order valence-corrected chi connectivity index (χ1v) is 15.8. The van der Waals surface area contributed by atoms with E-state index in [1.165, 1.54) is 11.1 Å². The normalized spacial score (nSPS) is 24.1. The summed E-state index contributed by atoms with van der Waals surface area (Å²) in [5.74, 6) is 0.571. The number of fused-ring (bicyclic) bond motifs is 1. The molecule has 0 saturated heterocycles. The average Bonchev–Trinajstić information content (AvgIpc) is 2.40. The third kappa shape index (κ3) is 4.30. The zero-order chi connectivity index (χ0) is 18.3. The molecule has 0 N–H and O–H groups in total. The predicted molar refractivity (Wildman–Crippen MR) is 113 cm³/mol. The van der Waals surface area contributed by atoms with Crippen LogP contribution in [-0.2, 0) is 4.43 Å². The Kier molecular flexibility index (Phi) is 5.40. The van der Waals surface area contributed by atoms with Gasteiger partial charge in [-0.1, -0.05) is 77.3 Å². The van der Waals surface area contributed by atoms with E-state index in [1.807, 2.05) is 0 Å². The fourth-order valence-corrected chi connectivity index (χ4v) is 5.87. The molecule has 0 saturated carbocycles. The number of hydrogen-bond acceptors (Lipinski definition) is 1. The van der Waals surface area contributed by atoms with Gasteiger partial charge in [0.25, 0.3) is 0 Å². The summed E-state index contributed by atoms with van der Waals surface area (Å²) < 4.78 is 6.84. The third-order valence-electron chi connectivity index (χ3n) is 5.55. The molecular weight excluding hydrogens is 324 g/mol. The molecule has 2 atom stereocenters. The van der Waals surface area contributed by atoms with Crippen LogP contribution in [0.4, 0.5) is 0 Å². The monoisotopic (exact) mass is 360 g/mol. The zero-order valence-corrected chi connectivity index (χ0v) is 19.2. The van der Waals surface area contributed by atoms with Crippen molar-refractivity contribution in [1.82, 2.24) is 0 Å². The van der Waals surface area contributed by atoms with Crippen LogP contribution in [0.15, 0.2) is 30.0 Å². The first-order valence-electron chi connectivity index (χ1n) is 9.32. The van der Waals surface area contributed by atoms with E-state index in [-0.39, 0.29) is 11.1 Å². The van der Waals surface area contributed by atoms with E-state index in [9.17, 15) is 0 Å². The van der Waals surface area contributed by atoms with Gasteiger partial charge < -0.3 is 4.43 Å². The fourth-order valence-electron chi connectivity index (χ4n) is 3.21. The molecular formula is C21H36OSi2. The Bertz CT molecular complexity index is 617. The van der Waals surface area contributed by atoms with Crippen LogP contribution in [0.2, 0.25) is 37.8 Å². The van der Waals surface area contributed by atoms with E-state index in [0.717, 1.165) is 6.42 Å². The van der Waals surface area contributed by atoms with Gasteiger partial charge in [-0.05, 0) is 47.2 Å². The maximum absolute atomic E-state index is 6.84. The SMILES string of the molecule is CC1CC(O[Si](C)(C)C(C)(C)C)c2ccccc2/C1=C\[Si](C)(C)C. The summed E-state index contributed by atoms with van der Waals surface area (Å²) in [4.78, 5) is 0. The maximum atomic E-state index is 6.84. The van der Waals surface area contributed by atoms with Crippen LogP contribution in [0.3, 0.4) is 0 Å². The molecule has 0 spiro atoms. The molecule has 1 nitrogen and oxygen atoms in total. The second-order valence-corrected chi connectivity index (χ2v) is 19.8. The number of benzene rings is 1. The van der Waals surface area contributed by atoms with Crippen molar-refractivity contribution in [1.29, 1.82) is 0 Å². The minimum absolute atomic E-state index is 0.246. The molecule has 1 aliphatic rings. The van der Waals surface area contributed by atoms with E-state index >= 15 is 0 Å². The van der Waals surface area contributed by atoms with Gasteiger partial charge in [0.1, 0.15) is 0 Å². The van der Waals surface area contributed by atoms with Gasteiger partial charge in [-0.3, -0.25) is 0 Å². The van der Waals surface area contributed by atoms with E-state index in [4.69, 9.17) is 4.43 Å². The Hall–Kier alpha value is -0.646. The van der Waals surface area contributed by atoms with Crippen LogP contribution in [0, 0.1) is 5.92 Å². The quantitative estimate of drug-likeness (QED) is 0.525. The zero-order valence-electron chi connectivity index (χ0n) is 17.2. The summed E-state index contributed by atoms with van der Waals surface area (Å²) in [6.07, 6.45) is 1.36. The molecule has 1 aromatic rings. The van der Waals surface area contributed by atoms with Crippen molar-refractivity contribution >= 4 is 22.0 Å². The Morgan fingerprint density at radius 2 is 1.62 bits per heavy atom. The Labute approximate surface area is 151 Å². The summed E-state index contributed by atoms with van der Waals surface area (Å²) in [5, 5.41) is 0.250. The molecule has 0 aromatic heterocycles. The van der Waals surface area contributed by atoms with Gasteiger partial charge in [0.15, 0.2) is 8.32 Å². The standard InChI is InChI=1S/C21H36OSi2/c1-16-14-20(22-24(8,9)21(2,3)4)18-13-11-10-12-17(18)19(16)15-23(5,6)7/h10-13,15-16,20H,14H2,1-9H3/b19-15-. The van der Waals surface area contributed by atoms with E-state index in [1.54, 1.807) is 5.57 Å². The van der Waals surface area contributed by atoms with Crippen molar-refractivity contribution in [2.24, 2.45) is 5.92 Å². The molecule has 0 radical (unpaired) electrons. The Morgan fingerprint density at radius 3 is 2.17 bits per heavy atom. The van der Waals surface area contributed by atoms with E-state index < -0.39 is 16.4 Å². The summed E-state index contributed by atoms with van der Waals surface area (Å²) in [7, 11) is -3.02. The predicted octanol–water partition coefficient (Wildman–Crippen LogP) is 7.05. The van der Waals surface area contributed by atoms with Crippen LogP contribution in [0.1, 0.15) is 51.3 Å². The molecule has 0 bridgehead atoms. The van der Waals surface area contributed by atoms with Crippen LogP contribution in [0.5, 0.6) is 0 Å². The summed E-state index contributed by atoms with van der Waals surface area (Å²) in [6, 6.07) is 8.94. The van der Waals surface area contributed by atoms with Crippen molar-refractivity contribution in [2.45, 2.75) is 78.0 Å². The lowest BCUT2D eigenvalue weighted by atomic mass is 9.80. The van der Waals surface area contributed by atoms with Crippen LogP contribution < -0.4 is 0 Å². The summed E-state index contributed by atoms with van der Waals surface area (Å²) in [5.41, 5.74) is 6.99. The Morgan fingerprint density at radius 1 is 1.04 bits per heavy atom. The van der Waals surface area contributed by atoms with Gasteiger partial charge in [-0.2, -0.15) is 0 Å². The third-order valence-corrected chi connectivity index (χ3v) is 11.2. The van der Waals surface area contributed by atoms with Crippen LogP contribution in [0.25, 0.3) is 5.57 Å². The second-order valence-electron chi connectivity index (χ2n) is 10.1. The lowest BCUT2D eigenvalue weighted by Gasteiger charge is -2.42. The fraction of sp³-hybridized carbons (Fsp3) is 0.619. The highest BCUT2D eigenvalue weighted by molar-refractivity contribution is 6.81. The molecule has 0 fully saturated rings. The van der Waals surface area contributed by atoms with Gasteiger partial charge in [-0.25, -0.2) is 0 Å².